The molecule has 0 unspecified atom stereocenters. The van der Waals surface area contributed by atoms with Crippen molar-refractivity contribution in [3.8, 4) is 17.6 Å². The molecule has 3 rings (SSSR count). The Hall–Kier alpha value is -2.52. The zero-order valence-corrected chi connectivity index (χ0v) is 13.7. The largest absolute Gasteiger partial charge is 0.497 e. The second kappa shape index (κ2) is 5.94. The van der Waals surface area contributed by atoms with Gasteiger partial charge < -0.3 is 15.2 Å². The van der Waals surface area contributed by atoms with Crippen LogP contribution in [0.1, 0.15) is 17.0 Å². The number of halogens is 2. The van der Waals surface area contributed by atoms with Gasteiger partial charge in [0.1, 0.15) is 29.0 Å². The number of allylic oxidation sites excluding steroid dienone is 1. The van der Waals surface area contributed by atoms with E-state index in [0.29, 0.717) is 21.5 Å². The van der Waals surface area contributed by atoms with Crippen molar-refractivity contribution in [2.75, 3.05) is 7.11 Å². The van der Waals surface area contributed by atoms with Gasteiger partial charge >= 0.3 is 0 Å². The number of nitriles is 1. The van der Waals surface area contributed by atoms with Crippen LogP contribution in [0, 0.1) is 17.1 Å². The van der Waals surface area contributed by atoms with Crippen molar-refractivity contribution in [1.29, 1.82) is 5.26 Å². The van der Waals surface area contributed by atoms with Crippen molar-refractivity contribution in [3.63, 3.8) is 0 Å². The molecule has 0 radical (unpaired) electrons. The maximum absolute atomic E-state index is 13.5. The summed E-state index contributed by atoms with van der Waals surface area (Å²) in [6.07, 6.45) is 0. The number of rotatable bonds is 2. The predicted molar refractivity (Wildman–Crippen MR) is 86.4 cm³/mol. The molecule has 1 heterocycles. The van der Waals surface area contributed by atoms with E-state index >= 15 is 0 Å². The van der Waals surface area contributed by atoms with Crippen LogP contribution < -0.4 is 15.2 Å². The summed E-state index contributed by atoms with van der Waals surface area (Å²) in [6, 6.07) is 12.0. The van der Waals surface area contributed by atoms with Gasteiger partial charge in [-0.2, -0.15) is 5.26 Å². The molecule has 23 heavy (non-hydrogen) atoms. The Morgan fingerprint density at radius 3 is 2.74 bits per heavy atom. The summed E-state index contributed by atoms with van der Waals surface area (Å²) in [7, 11) is 1.55. The van der Waals surface area contributed by atoms with E-state index in [1.54, 1.807) is 31.4 Å². The first-order chi connectivity index (χ1) is 11.0. The molecule has 116 valence electrons. The van der Waals surface area contributed by atoms with Crippen LogP contribution in [-0.4, -0.2) is 7.11 Å². The Morgan fingerprint density at radius 2 is 2.09 bits per heavy atom. The number of hydrogen-bond acceptors (Lipinski definition) is 4. The van der Waals surface area contributed by atoms with Crippen LogP contribution in [0.5, 0.6) is 11.5 Å². The first-order valence-electron chi connectivity index (χ1n) is 6.75. The van der Waals surface area contributed by atoms with Crippen molar-refractivity contribution >= 4 is 15.9 Å². The molecule has 4 nitrogen and oxygen atoms in total. The monoisotopic (exact) mass is 374 g/mol. The molecule has 2 N–H and O–H groups in total. The van der Waals surface area contributed by atoms with E-state index in [4.69, 9.17) is 15.2 Å². The summed E-state index contributed by atoms with van der Waals surface area (Å²) in [5.74, 6) is 0.388. The van der Waals surface area contributed by atoms with E-state index in [1.807, 2.05) is 6.07 Å². The van der Waals surface area contributed by atoms with Crippen LogP contribution >= 0.6 is 15.9 Å². The Labute approximate surface area is 141 Å². The molecule has 0 aliphatic carbocycles. The molecular formula is C17H12BrFN2O2. The van der Waals surface area contributed by atoms with Crippen LogP contribution in [0.2, 0.25) is 0 Å². The van der Waals surface area contributed by atoms with E-state index < -0.39 is 5.92 Å². The lowest BCUT2D eigenvalue weighted by Crippen LogP contribution is -2.21. The highest BCUT2D eigenvalue weighted by molar-refractivity contribution is 9.10. The van der Waals surface area contributed by atoms with Gasteiger partial charge in [0.25, 0.3) is 0 Å². The Bertz CT molecular complexity index is 858. The molecule has 0 saturated carbocycles. The number of ether oxygens (including phenoxy) is 2. The fourth-order valence-corrected chi connectivity index (χ4v) is 2.99. The minimum Gasteiger partial charge on any atom is -0.497 e. The smallest absolute Gasteiger partial charge is 0.205 e. The van der Waals surface area contributed by atoms with Crippen molar-refractivity contribution in [2.45, 2.75) is 5.92 Å². The van der Waals surface area contributed by atoms with Crippen LogP contribution in [0.15, 0.2) is 52.3 Å². The third-order valence-corrected chi connectivity index (χ3v) is 4.31. The van der Waals surface area contributed by atoms with E-state index in [0.717, 1.165) is 11.1 Å². The lowest BCUT2D eigenvalue weighted by atomic mass is 9.83. The SMILES string of the molecule is COc1ccc2c(c1)OC(N)=C(C#N)[C@H]2c1ccc(F)c(Br)c1. The summed E-state index contributed by atoms with van der Waals surface area (Å²) in [5, 5.41) is 9.47. The van der Waals surface area contributed by atoms with E-state index in [1.165, 1.54) is 6.07 Å². The highest BCUT2D eigenvalue weighted by atomic mass is 79.9. The topological polar surface area (TPSA) is 68.3 Å². The zero-order valence-electron chi connectivity index (χ0n) is 12.1. The zero-order chi connectivity index (χ0) is 16.6. The standard InChI is InChI=1S/C17H12BrFN2O2/c1-22-10-3-4-11-15(7-10)23-17(21)12(8-20)16(11)9-2-5-14(19)13(18)6-9/h2-7,16H,21H2,1H3/t16-/m0/s1. The summed E-state index contributed by atoms with van der Waals surface area (Å²) >= 11 is 3.18. The van der Waals surface area contributed by atoms with Gasteiger partial charge in [0.2, 0.25) is 5.88 Å². The van der Waals surface area contributed by atoms with E-state index in [-0.39, 0.29) is 11.7 Å². The minimum atomic E-state index is -0.424. The summed E-state index contributed by atoms with van der Waals surface area (Å²) < 4.78 is 24.6. The fraction of sp³-hybridized carbons (Fsp3) is 0.118. The normalized spacial score (nSPS) is 16.3. The molecule has 0 amide bonds. The predicted octanol–water partition coefficient (Wildman–Crippen LogP) is 3.81. The molecule has 2 aromatic rings. The third-order valence-electron chi connectivity index (χ3n) is 3.70. The second-order valence-corrected chi connectivity index (χ2v) is 5.86. The van der Waals surface area contributed by atoms with Gasteiger partial charge in [-0.3, -0.25) is 0 Å². The molecule has 2 aromatic carbocycles. The van der Waals surface area contributed by atoms with Crippen molar-refractivity contribution in [3.05, 3.63) is 69.3 Å². The molecule has 1 aliphatic rings. The van der Waals surface area contributed by atoms with Gasteiger partial charge in [-0.1, -0.05) is 12.1 Å². The van der Waals surface area contributed by atoms with Crippen LogP contribution in [0.4, 0.5) is 4.39 Å². The lowest BCUT2D eigenvalue weighted by molar-refractivity contribution is 0.381. The van der Waals surface area contributed by atoms with Crippen LogP contribution in [-0.2, 0) is 0 Å². The first kappa shape index (κ1) is 15.4. The molecule has 0 aromatic heterocycles. The quantitative estimate of drug-likeness (QED) is 0.867. The highest BCUT2D eigenvalue weighted by Crippen LogP contribution is 2.43. The van der Waals surface area contributed by atoms with Gasteiger partial charge in [0.15, 0.2) is 0 Å². The van der Waals surface area contributed by atoms with Gasteiger partial charge in [0.05, 0.1) is 17.5 Å². The average Bonchev–Trinajstić information content (AvgIpc) is 2.55. The number of hydrogen-bond donors (Lipinski definition) is 1. The third kappa shape index (κ3) is 2.64. The number of nitrogens with two attached hydrogens (primary N) is 1. The van der Waals surface area contributed by atoms with Crippen molar-refractivity contribution in [2.24, 2.45) is 5.73 Å². The Kier molecular flexibility index (Phi) is 3.97. The van der Waals surface area contributed by atoms with E-state index in [2.05, 4.69) is 22.0 Å². The number of methoxy groups -OCH3 is 1. The average molecular weight is 375 g/mol. The number of fused-ring (bicyclic) bond motifs is 1. The maximum atomic E-state index is 13.5. The molecule has 0 saturated heterocycles. The van der Waals surface area contributed by atoms with Crippen LogP contribution in [0.25, 0.3) is 0 Å². The van der Waals surface area contributed by atoms with Gasteiger partial charge in [-0.25, -0.2) is 4.39 Å². The number of benzene rings is 2. The molecule has 1 atom stereocenters. The van der Waals surface area contributed by atoms with Gasteiger partial charge in [-0.05, 0) is 39.7 Å². The Morgan fingerprint density at radius 1 is 1.30 bits per heavy atom. The van der Waals surface area contributed by atoms with Gasteiger partial charge in [0, 0.05) is 11.6 Å². The van der Waals surface area contributed by atoms with Gasteiger partial charge in [-0.15, -0.1) is 0 Å². The molecule has 6 heteroatoms. The molecular weight excluding hydrogens is 363 g/mol. The minimum absolute atomic E-state index is 0.0405. The van der Waals surface area contributed by atoms with Crippen molar-refractivity contribution in [1.82, 2.24) is 0 Å². The summed E-state index contributed by atoms with van der Waals surface area (Å²) in [4.78, 5) is 0. The lowest BCUT2D eigenvalue weighted by Gasteiger charge is -2.26. The van der Waals surface area contributed by atoms with E-state index in [9.17, 15) is 9.65 Å². The molecule has 1 aliphatic heterocycles. The maximum Gasteiger partial charge on any atom is 0.205 e. The molecule has 0 bridgehead atoms. The number of nitrogens with zero attached hydrogens (tertiary/aromatic N) is 1. The summed E-state index contributed by atoms with van der Waals surface area (Å²) in [6.45, 7) is 0. The fourth-order valence-electron chi connectivity index (χ4n) is 2.60. The van der Waals surface area contributed by atoms with Crippen LogP contribution in [0.3, 0.4) is 0 Å². The highest BCUT2D eigenvalue weighted by Gasteiger charge is 2.31. The second-order valence-electron chi connectivity index (χ2n) is 5.00. The molecule has 0 fully saturated rings. The first-order valence-corrected chi connectivity index (χ1v) is 7.55. The van der Waals surface area contributed by atoms with Crippen molar-refractivity contribution < 1.29 is 13.9 Å². The summed E-state index contributed by atoms with van der Waals surface area (Å²) in [5.41, 5.74) is 7.71. The Balaban J connectivity index is 2.21. The molecule has 0 spiro atoms.